The molecular formula is C14H10F3N3O. The van der Waals surface area contributed by atoms with Crippen molar-refractivity contribution in [3.05, 3.63) is 65.5 Å². The maximum absolute atomic E-state index is 12.7. The third-order valence-electron chi connectivity index (χ3n) is 2.53. The van der Waals surface area contributed by atoms with Gasteiger partial charge in [-0.2, -0.15) is 18.3 Å². The Bertz CT molecular complexity index is 654. The van der Waals surface area contributed by atoms with Crippen molar-refractivity contribution in [2.45, 2.75) is 6.18 Å². The zero-order valence-corrected chi connectivity index (χ0v) is 10.6. The summed E-state index contributed by atoms with van der Waals surface area (Å²) in [6.45, 7) is 0. The molecule has 0 saturated heterocycles. The van der Waals surface area contributed by atoms with Crippen molar-refractivity contribution in [2.24, 2.45) is 5.10 Å². The molecule has 0 unspecified atom stereocenters. The van der Waals surface area contributed by atoms with Crippen molar-refractivity contribution in [1.82, 2.24) is 10.4 Å². The molecule has 21 heavy (non-hydrogen) atoms. The molecule has 2 rings (SSSR count). The van der Waals surface area contributed by atoms with Crippen LogP contribution in [-0.2, 0) is 6.18 Å². The van der Waals surface area contributed by atoms with Gasteiger partial charge in [-0.05, 0) is 18.2 Å². The minimum Gasteiger partial charge on any atom is -0.266 e. The van der Waals surface area contributed by atoms with Gasteiger partial charge in [0.1, 0.15) is 5.69 Å². The number of amides is 1. The van der Waals surface area contributed by atoms with Crippen LogP contribution in [0.5, 0.6) is 0 Å². The van der Waals surface area contributed by atoms with Crippen LogP contribution in [0.25, 0.3) is 0 Å². The second kappa shape index (κ2) is 6.17. The zero-order valence-electron chi connectivity index (χ0n) is 10.6. The van der Waals surface area contributed by atoms with Gasteiger partial charge in [0.25, 0.3) is 5.91 Å². The molecule has 0 saturated carbocycles. The monoisotopic (exact) mass is 293 g/mol. The lowest BCUT2D eigenvalue weighted by atomic mass is 10.1. The molecule has 0 fully saturated rings. The fourth-order valence-electron chi connectivity index (χ4n) is 1.58. The van der Waals surface area contributed by atoms with E-state index in [1.807, 2.05) is 0 Å². The predicted octanol–water partition coefficient (Wildman–Crippen LogP) is 2.86. The van der Waals surface area contributed by atoms with E-state index in [9.17, 15) is 18.0 Å². The number of benzene rings is 1. The quantitative estimate of drug-likeness (QED) is 0.699. The molecule has 1 heterocycles. The number of rotatable bonds is 3. The second-order valence-electron chi connectivity index (χ2n) is 4.00. The number of alkyl halides is 3. The number of nitrogens with one attached hydrogen (secondary N) is 1. The van der Waals surface area contributed by atoms with Crippen molar-refractivity contribution < 1.29 is 18.0 Å². The highest BCUT2D eigenvalue weighted by Gasteiger charge is 2.32. The summed E-state index contributed by atoms with van der Waals surface area (Å²) in [5, 5.41) is 3.53. The topological polar surface area (TPSA) is 54.4 Å². The van der Waals surface area contributed by atoms with Gasteiger partial charge >= 0.3 is 6.18 Å². The first-order valence-corrected chi connectivity index (χ1v) is 5.89. The fourth-order valence-corrected chi connectivity index (χ4v) is 1.58. The maximum atomic E-state index is 12.7. The van der Waals surface area contributed by atoms with E-state index in [2.05, 4.69) is 15.5 Å². The molecule has 0 atom stereocenters. The summed E-state index contributed by atoms with van der Waals surface area (Å²) in [4.78, 5) is 15.4. The fraction of sp³-hybridized carbons (Fsp3) is 0.0714. The van der Waals surface area contributed by atoms with Crippen LogP contribution in [0.3, 0.4) is 0 Å². The molecule has 0 aliphatic carbocycles. The molecule has 0 bridgehead atoms. The SMILES string of the molecule is O=C(N/N=C/c1ccccc1C(F)(F)F)c1ccccn1. The van der Waals surface area contributed by atoms with E-state index < -0.39 is 17.6 Å². The van der Waals surface area contributed by atoms with E-state index >= 15 is 0 Å². The molecule has 7 heteroatoms. The summed E-state index contributed by atoms with van der Waals surface area (Å²) in [5.41, 5.74) is 1.30. The number of hydrogen-bond acceptors (Lipinski definition) is 3. The van der Waals surface area contributed by atoms with E-state index in [0.717, 1.165) is 12.3 Å². The number of pyridine rings is 1. The van der Waals surface area contributed by atoms with Gasteiger partial charge in [0.15, 0.2) is 0 Å². The van der Waals surface area contributed by atoms with Gasteiger partial charge in [0, 0.05) is 11.8 Å². The normalized spacial score (nSPS) is 11.6. The van der Waals surface area contributed by atoms with Crippen LogP contribution in [0.15, 0.2) is 53.8 Å². The Kier molecular flexibility index (Phi) is 4.32. The van der Waals surface area contributed by atoms with Crippen LogP contribution in [-0.4, -0.2) is 17.1 Å². The molecular weight excluding hydrogens is 283 g/mol. The molecule has 0 aliphatic heterocycles. The molecule has 0 spiro atoms. The molecule has 1 aromatic carbocycles. The van der Waals surface area contributed by atoms with Gasteiger partial charge < -0.3 is 0 Å². The highest BCUT2D eigenvalue weighted by Crippen LogP contribution is 2.30. The van der Waals surface area contributed by atoms with Crippen molar-refractivity contribution in [1.29, 1.82) is 0 Å². The van der Waals surface area contributed by atoms with Crippen molar-refractivity contribution in [2.75, 3.05) is 0 Å². The van der Waals surface area contributed by atoms with Crippen LogP contribution in [0.2, 0.25) is 0 Å². The van der Waals surface area contributed by atoms with Gasteiger partial charge in [0.2, 0.25) is 0 Å². The standard InChI is InChI=1S/C14H10F3N3O/c15-14(16,17)11-6-2-1-5-10(11)9-19-20-13(21)12-7-3-4-8-18-12/h1-9H,(H,20,21)/b19-9+. The molecule has 2 aromatic rings. The molecule has 4 nitrogen and oxygen atoms in total. The Morgan fingerprint density at radius 3 is 2.52 bits per heavy atom. The van der Waals surface area contributed by atoms with Crippen molar-refractivity contribution in [3.8, 4) is 0 Å². The lowest BCUT2D eigenvalue weighted by Gasteiger charge is -2.09. The summed E-state index contributed by atoms with van der Waals surface area (Å²) in [6.07, 6.45) is -2.10. The second-order valence-corrected chi connectivity index (χ2v) is 4.00. The molecule has 1 amide bonds. The van der Waals surface area contributed by atoms with Crippen LogP contribution in [0, 0.1) is 0 Å². The number of carbonyl (C=O) groups is 1. The third kappa shape index (κ3) is 3.88. The molecule has 0 aliphatic rings. The Morgan fingerprint density at radius 1 is 1.14 bits per heavy atom. The van der Waals surface area contributed by atoms with E-state index in [1.165, 1.54) is 30.5 Å². The van der Waals surface area contributed by atoms with E-state index in [1.54, 1.807) is 12.1 Å². The van der Waals surface area contributed by atoms with Gasteiger partial charge in [-0.3, -0.25) is 9.78 Å². The van der Waals surface area contributed by atoms with Gasteiger partial charge in [-0.1, -0.05) is 24.3 Å². The number of carbonyl (C=O) groups excluding carboxylic acids is 1. The van der Waals surface area contributed by atoms with Crippen LogP contribution >= 0.6 is 0 Å². The Balaban J connectivity index is 2.11. The molecule has 1 aromatic heterocycles. The van der Waals surface area contributed by atoms with Crippen molar-refractivity contribution in [3.63, 3.8) is 0 Å². The minimum absolute atomic E-state index is 0.124. The average molecular weight is 293 g/mol. The summed E-state index contributed by atoms with van der Waals surface area (Å²) in [7, 11) is 0. The summed E-state index contributed by atoms with van der Waals surface area (Å²) < 4.78 is 38.2. The first kappa shape index (κ1) is 14.7. The number of hydrogen-bond donors (Lipinski definition) is 1. The Hall–Kier alpha value is -2.70. The lowest BCUT2D eigenvalue weighted by molar-refractivity contribution is -0.137. The number of hydrazone groups is 1. The highest BCUT2D eigenvalue weighted by molar-refractivity contribution is 5.93. The third-order valence-corrected chi connectivity index (χ3v) is 2.53. The van der Waals surface area contributed by atoms with Crippen LogP contribution in [0.4, 0.5) is 13.2 Å². The smallest absolute Gasteiger partial charge is 0.266 e. The maximum Gasteiger partial charge on any atom is 0.417 e. The minimum atomic E-state index is -4.48. The highest BCUT2D eigenvalue weighted by atomic mass is 19.4. The van der Waals surface area contributed by atoms with E-state index in [0.29, 0.717) is 0 Å². The summed E-state index contributed by atoms with van der Waals surface area (Å²) in [6, 6.07) is 9.67. The number of nitrogens with zero attached hydrogens (tertiary/aromatic N) is 2. The molecule has 0 radical (unpaired) electrons. The zero-order chi connectivity index (χ0) is 15.3. The van der Waals surface area contributed by atoms with Gasteiger partial charge in [0.05, 0.1) is 11.8 Å². The first-order valence-electron chi connectivity index (χ1n) is 5.89. The lowest BCUT2D eigenvalue weighted by Crippen LogP contribution is -2.19. The molecule has 108 valence electrons. The van der Waals surface area contributed by atoms with Crippen LogP contribution in [0.1, 0.15) is 21.6 Å². The van der Waals surface area contributed by atoms with Crippen molar-refractivity contribution >= 4 is 12.1 Å². The summed E-state index contributed by atoms with van der Waals surface area (Å²) in [5.74, 6) is -0.601. The first-order chi connectivity index (χ1) is 9.98. The summed E-state index contributed by atoms with van der Waals surface area (Å²) >= 11 is 0. The van der Waals surface area contributed by atoms with Gasteiger partial charge in [-0.15, -0.1) is 0 Å². The predicted molar refractivity (Wildman–Crippen MR) is 70.7 cm³/mol. The Morgan fingerprint density at radius 2 is 1.86 bits per heavy atom. The number of halogens is 3. The van der Waals surface area contributed by atoms with E-state index in [4.69, 9.17) is 0 Å². The van der Waals surface area contributed by atoms with Gasteiger partial charge in [-0.25, -0.2) is 5.43 Å². The average Bonchev–Trinajstić information content (AvgIpc) is 2.47. The van der Waals surface area contributed by atoms with Crippen LogP contribution < -0.4 is 5.43 Å². The van der Waals surface area contributed by atoms with E-state index in [-0.39, 0.29) is 11.3 Å². The molecule has 1 N–H and O–H groups in total. The largest absolute Gasteiger partial charge is 0.417 e. The number of aromatic nitrogens is 1. The Labute approximate surface area is 118 Å².